The van der Waals surface area contributed by atoms with E-state index in [-0.39, 0.29) is 12.3 Å². The molecule has 20 heavy (non-hydrogen) atoms. The Kier molecular flexibility index (Phi) is 4.19. The van der Waals surface area contributed by atoms with Crippen LogP contribution in [0.25, 0.3) is 0 Å². The van der Waals surface area contributed by atoms with Crippen LogP contribution in [0.15, 0.2) is 18.2 Å². The molecule has 0 aliphatic carbocycles. The number of nitrogens with zero attached hydrogens (tertiary/aromatic N) is 1. The van der Waals surface area contributed by atoms with E-state index in [1.54, 1.807) is 19.1 Å². The van der Waals surface area contributed by atoms with E-state index in [0.29, 0.717) is 11.3 Å². The smallest absolute Gasteiger partial charge is 0.274 e. The number of nitro groups is 1. The monoisotopic (exact) mass is 284 g/mol. The number of aliphatic hydroxyl groups is 3. The molecule has 2 rings (SSSR count). The fourth-order valence-corrected chi connectivity index (χ4v) is 1.99. The van der Waals surface area contributed by atoms with Crippen molar-refractivity contribution in [3.05, 3.63) is 33.9 Å². The summed E-state index contributed by atoms with van der Waals surface area (Å²) in [6.07, 6.45) is -4.77. The molecule has 4 N–H and O–H groups in total. The number of benzene rings is 1. The van der Waals surface area contributed by atoms with Crippen molar-refractivity contribution in [3.8, 4) is 0 Å². The molecule has 1 heterocycles. The Hall–Kier alpha value is -1.74. The zero-order chi connectivity index (χ0) is 14.9. The van der Waals surface area contributed by atoms with Gasteiger partial charge in [-0.25, -0.2) is 0 Å². The van der Waals surface area contributed by atoms with Crippen molar-refractivity contribution in [2.45, 2.75) is 31.5 Å². The molecule has 1 aromatic rings. The van der Waals surface area contributed by atoms with Gasteiger partial charge in [-0.1, -0.05) is 6.07 Å². The summed E-state index contributed by atoms with van der Waals surface area (Å²) in [7, 11) is 0. The van der Waals surface area contributed by atoms with Crippen molar-refractivity contribution in [1.82, 2.24) is 0 Å². The zero-order valence-electron chi connectivity index (χ0n) is 10.8. The van der Waals surface area contributed by atoms with Crippen LogP contribution in [0.2, 0.25) is 0 Å². The van der Waals surface area contributed by atoms with E-state index in [0.717, 1.165) is 0 Å². The van der Waals surface area contributed by atoms with Crippen molar-refractivity contribution < 1.29 is 25.0 Å². The summed E-state index contributed by atoms with van der Waals surface area (Å²) in [6.45, 7) is 1.48. The molecule has 110 valence electrons. The highest BCUT2D eigenvalue weighted by atomic mass is 16.6. The molecule has 1 saturated heterocycles. The summed E-state index contributed by atoms with van der Waals surface area (Å²) in [5.41, 5.74) is 0.844. The van der Waals surface area contributed by atoms with Gasteiger partial charge in [0.2, 0.25) is 0 Å². The van der Waals surface area contributed by atoms with Crippen LogP contribution in [0.1, 0.15) is 5.56 Å². The second-order valence-corrected chi connectivity index (χ2v) is 4.71. The van der Waals surface area contributed by atoms with Crippen LogP contribution < -0.4 is 5.32 Å². The van der Waals surface area contributed by atoms with Crippen LogP contribution in [0, 0.1) is 17.0 Å². The maximum Gasteiger partial charge on any atom is 0.274 e. The Morgan fingerprint density at radius 3 is 2.70 bits per heavy atom. The van der Waals surface area contributed by atoms with Gasteiger partial charge < -0.3 is 25.4 Å². The van der Waals surface area contributed by atoms with Crippen LogP contribution >= 0.6 is 0 Å². The van der Waals surface area contributed by atoms with Gasteiger partial charge in [0, 0.05) is 17.3 Å². The summed E-state index contributed by atoms with van der Waals surface area (Å²) in [5, 5.41) is 42.3. The van der Waals surface area contributed by atoms with Crippen LogP contribution in [0.4, 0.5) is 11.4 Å². The van der Waals surface area contributed by atoms with E-state index < -0.39 is 29.5 Å². The number of nitro benzene ring substituents is 1. The first-order valence-corrected chi connectivity index (χ1v) is 6.07. The number of rotatable bonds is 3. The highest BCUT2D eigenvalue weighted by Gasteiger charge is 2.37. The number of anilines is 1. The molecule has 0 bridgehead atoms. The lowest BCUT2D eigenvalue weighted by atomic mass is 10.0. The van der Waals surface area contributed by atoms with Crippen molar-refractivity contribution in [1.29, 1.82) is 0 Å². The fourth-order valence-electron chi connectivity index (χ4n) is 1.99. The standard InChI is InChI=1S/C12H16N2O6/c1-6-2-3-7(4-8(6)14(18)19)13-12-11(17)10(16)9(15)5-20-12/h2-4,9-13,15-17H,5H2,1H3/t9-,10+,11-,12+/m0/s1. The molecule has 1 aliphatic heterocycles. The minimum Gasteiger partial charge on any atom is -0.388 e. The number of aliphatic hydroxyl groups excluding tert-OH is 3. The highest BCUT2D eigenvalue weighted by molar-refractivity contribution is 5.55. The molecule has 0 unspecified atom stereocenters. The van der Waals surface area contributed by atoms with Gasteiger partial charge in [-0.2, -0.15) is 0 Å². The first-order chi connectivity index (χ1) is 9.40. The van der Waals surface area contributed by atoms with Crippen LogP contribution in [0.3, 0.4) is 0 Å². The Labute approximate surface area is 114 Å². The van der Waals surface area contributed by atoms with Gasteiger partial charge >= 0.3 is 0 Å². The number of hydrogen-bond acceptors (Lipinski definition) is 7. The largest absolute Gasteiger partial charge is 0.388 e. The topological polar surface area (TPSA) is 125 Å². The van der Waals surface area contributed by atoms with Crippen LogP contribution in [-0.4, -0.2) is 51.4 Å². The van der Waals surface area contributed by atoms with Crippen molar-refractivity contribution >= 4 is 11.4 Å². The molecule has 4 atom stereocenters. The van der Waals surface area contributed by atoms with E-state index in [9.17, 15) is 25.4 Å². The SMILES string of the molecule is Cc1ccc(N[C@@H]2OC[C@H](O)[C@@H](O)[C@@H]2O)cc1[N+](=O)[O-]. The van der Waals surface area contributed by atoms with Gasteiger partial charge in [0.05, 0.1) is 11.5 Å². The number of hydrogen-bond donors (Lipinski definition) is 4. The molecular weight excluding hydrogens is 268 g/mol. The van der Waals surface area contributed by atoms with E-state index in [1.807, 2.05) is 0 Å². The zero-order valence-corrected chi connectivity index (χ0v) is 10.8. The van der Waals surface area contributed by atoms with E-state index in [4.69, 9.17) is 4.74 Å². The highest BCUT2D eigenvalue weighted by Crippen LogP contribution is 2.24. The number of nitrogens with one attached hydrogen (secondary N) is 1. The maximum atomic E-state index is 10.8. The van der Waals surface area contributed by atoms with E-state index in [2.05, 4.69) is 5.32 Å². The quantitative estimate of drug-likeness (QED) is 0.445. The summed E-state index contributed by atoms with van der Waals surface area (Å²) in [5.74, 6) is 0. The van der Waals surface area contributed by atoms with Gasteiger partial charge in [-0.05, 0) is 13.0 Å². The second kappa shape index (κ2) is 5.71. The summed E-state index contributed by atoms with van der Waals surface area (Å²) in [4.78, 5) is 10.3. The van der Waals surface area contributed by atoms with Gasteiger partial charge in [0.15, 0.2) is 6.23 Å². The maximum absolute atomic E-state index is 10.8. The van der Waals surface area contributed by atoms with Gasteiger partial charge in [0.1, 0.15) is 18.3 Å². The molecule has 1 aliphatic rings. The Morgan fingerprint density at radius 2 is 2.05 bits per heavy atom. The third-order valence-electron chi connectivity index (χ3n) is 3.22. The lowest BCUT2D eigenvalue weighted by molar-refractivity contribution is -0.385. The van der Waals surface area contributed by atoms with Crippen molar-refractivity contribution in [3.63, 3.8) is 0 Å². The molecule has 1 fully saturated rings. The molecule has 8 heteroatoms. The average molecular weight is 284 g/mol. The Morgan fingerprint density at radius 1 is 1.35 bits per heavy atom. The summed E-state index contributed by atoms with van der Waals surface area (Å²) < 4.78 is 5.17. The Balaban J connectivity index is 2.14. The summed E-state index contributed by atoms with van der Waals surface area (Å²) >= 11 is 0. The predicted octanol–water partition coefficient (Wildman–Crippen LogP) is -0.246. The van der Waals surface area contributed by atoms with Crippen molar-refractivity contribution in [2.24, 2.45) is 0 Å². The minimum absolute atomic E-state index is 0.0547. The molecular formula is C12H16N2O6. The molecule has 0 aromatic heterocycles. The van der Waals surface area contributed by atoms with E-state index in [1.165, 1.54) is 6.07 Å². The third-order valence-corrected chi connectivity index (χ3v) is 3.22. The molecule has 0 amide bonds. The third kappa shape index (κ3) is 2.88. The summed E-state index contributed by atoms with van der Waals surface area (Å²) in [6, 6.07) is 4.50. The predicted molar refractivity (Wildman–Crippen MR) is 69.2 cm³/mol. The molecule has 8 nitrogen and oxygen atoms in total. The molecule has 0 radical (unpaired) electrons. The molecule has 1 aromatic carbocycles. The lowest BCUT2D eigenvalue weighted by Gasteiger charge is -2.35. The first-order valence-electron chi connectivity index (χ1n) is 6.07. The molecule has 0 saturated carbocycles. The lowest BCUT2D eigenvalue weighted by Crippen LogP contribution is -2.55. The second-order valence-electron chi connectivity index (χ2n) is 4.71. The van der Waals surface area contributed by atoms with Gasteiger partial charge in [-0.15, -0.1) is 0 Å². The number of ether oxygens (including phenoxy) is 1. The fraction of sp³-hybridized carbons (Fsp3) is 0.500. The van der Waals surface area contributed by atoms with E-state index >= 15 is 0 Å². The first kappa shape index (κ1) is 14.7. The van der Waals surface area contributed by atoms with Crippen LogP contribution in [-0.2, 0) is 4.74 Å². The van der Waals surface area contributed by atoms with Gasteiger partial charge in [0.25, 0.3) is 5.69 Å². The minimum atomic E-state index is -1.33. The van der Waals surface area contributed by atoms with Gasteiger partial charge in [-0.3, -0.25) is 10.1 Å². The Bertz CT molecular complexity index is 509. The normalized spacial score (nSPS) is 30.0. The number of aryl methyl sites for hydroxylation is 1. The van der Waals surface area contributed by atoms with Crippen molar-refractivity contribution in [2.75, 3.05) is 11.9 Å². The van der Waals surface area contributed by atoms with Crippen LogP contribution in [0.5, 0.6) is 0 Å². The molecule has 0 spiro atoms. The average Bonchev–Trinajstić information content (AvgIpc) is 2.41.